The van der Waals surface area contributed by atoms with Gasteiger partial charge in [0.1, 0.15) is 5.75 Å². The highest BCUT2D eigenvalue weighted by Crippen LogP contribution is 2.35. The molecule has 1 aliphatic rings. The molecule has 1 aliphatic heterocycles. The number of hydrogen-bond acceptors (Lipinski definition) is 4. The predicted molar refractivity (Wildman–Crippen MR) is 145 cm³/mol. The van der Waals surface area contributed by atoms with Crippen molar-refractivity contribution in [3.63, 3.8) is 0 Å². The molecule has 32 heavy (non-hydrogen) atoms. The van der Waals surface area contributed by atoms with E-state index < -0.39 is 0 Å². The molecule has 0 saturated carbocycles. The van der Waals surface area contributed by atoms with Crippen molar-refractivity contribution in [3.8, 4) is 5.75 Å². The molecule has 7 heteroatoms. The lowest BCUT2D eigenvalue weighted by Crippen LogP contribution is -2.45. The van der Waals surface area contributed by atoms with E-state index in [1.807, 2.05) is 0 Å². The summed E-state index contributed by atoms with van der Waals surface area (Å²) in [7, 11) is 3.94. The number of ether oxygens (including phenoxy) is 1. The van der Waals surface area contributed by atoms with Gasteiger partial charge in [0.05, 0.1) is 7.11 Å². The first kappa shape index (κ1) is 29.0. The highest BCUT2D eigenvalue weighted by molar-refractivity contribution is 14.0. The van der Waals surface area contributed by atoms with Gasteiger partial charge in [-0.05, 0) is 81.6 Å². The van der Waals surface area contributed by atoms with Crippen LogP contribution >= 0.6 is 24.0 Å². The molecule has 1 aromatic rings. The number of nitrogens with zero attached hydrogens (tertiary/aromatic N) is 2. The number of aliphatic hydroxyl groups excluding tert-OH is 1. The topological polar surface area (TPSA) is 69.1 Å². The highest BCUT2D eigenvalue weighted by atomic mass is 127. The number of likely N-dealkylation sites (tertiary alicyclic amines) is 1. The van der Waals surface area contributed by atoms with Gasteiger partial charge in [0.2, 0.25) is 0 Å². The van der Waals surface area contributed by atoms with E-state index in [9.17, 15) is 5.11 Å². The summed E-state index contributed by atoms with van der Waals surface area (Å²) in [5.41, 5.74) is 1.42. The maximum Gasteiger partial charge on any atom is 0.191 e. The average molecular weight is 561 g/mol. The van der Waals surface area contributed by atoms with E-state index in [2.05, 4.69) is 67.6 Å². The fourth-order valence-electron chi connectivity index (χ4n) is 4.76. The summed E-state index contributed by atoms with van der Waals surface area (Å²) < 4.78 is 5.34. The summed E-state index contributed by atoms with van der Waals surface area (Å²) in [6.07, 6.45) is 5.27. The second kappa shape index (κ2) is 15.0. The second-order valence-electron chi connectivity index (χ2n) is 8.86. The van der Waals surface area contributed by atoms with E-state index in [1.165, 1.54) is 18.4 Å². The molecule has 0 radical (unpaired) electrons. The minimum atomic E-state index is 0. The van der Waals surface area contributed by atoms with Gasteiger partial charge in [0, 0.05) is 32.3 Å². The van der Waals surface area contributed by atoms with Gasteiger partial charge in [-0.1, -0.05) is 26.0 Å². The molecule has 184 valence electrons. The third kappa shape index (κ3) is 8.06. The first-order valence-corrected chi connectivity index (χ1v) is 12.0. The summed E-state index contributed by atoms with van der Waals surface area (Å²) in [6, 6.07) is 8.90. The minimum absolute atomic E-state index is 0. The molecular weight excluding hydrogens is 515 g/mol. The zero-order chi connectivity index (χ0) is 22.7. The Kier molecular flexibility index (Phi) is 13.5. The van der Waals surface area contributed by atoms with Crippen LogP contribution in [0.25, 0.3) is 0 Å². The minimum Gasteiger partial charge on any atom is -0.497 e. The Labute approximate surface area is 212 Å². The standard InChI is InChI=1S/C25H44N4O2.HI/c1-6-25(7-2,15-17-30)19-28-24(26-8-3)27-18-21-10-9-16-29(4)23(21)20-11-13-22(31-5)14-12-20;/h11-14,21,23,30H,6-10,15-19H2,1-5H3,(H2,26,27,28);1H. The zero-order valence-electron chi connectivity index (χ0n) is 20.7. The van der Waals surface area contributed by atoms with Gasteiger partial charge in [-0.25, -0.2) is 0 Å². The Balaban J connectivity index is 0.00000512. The van der Waals surface area contributed by atoms with Crippen molar-refractivity contribution in [2.45, 2.75) is 58.9 Å². The predicted octanol–water partition coefficient (Wildman–Crippen LogP) is 4.44. The molecular formula is C25H45IN4O2. The van der Waals surface area contributed by atoms with E-state index in [0.29, 0.717) is 12.0 Å². The van der Waals surface area contributed by atoms with Gasteiger partial charge in [-0.3, -0.25) is 9.89 Å². The van der Waals surface area contributed by atoms with E-state index in [1.54, 1.807) is 7.11 Å². The molecule has 0 bridgehead atoms. The Morgan fingerprint density at radius 3 is 2.44 bits per heavy atom. The Morgan fingerprint density at radius 1 is 1.19 bits per heavy atom. The Bertz CT molecular complexity index is 664. The lowest BCUT2D eigenvalue weighted by Gasteiger charge is -2.40. The van der Waals surface area contributed by atoms with E-state index in [4.69, 9.17) is 9.73 Å². The van der Waals surface area contributed by atoms with Gasteiger partial charge in [-0.15, -0.1) is 24.0 Å². The molecule has 1 fully saturated rings. The lowest BCUT2D eigenvalue weighted by atomic mass is 9.79. The Hall–Kier alpha value is -1.06. The van der Waals surface area contributed by atoms with Crippen LogP contribution < -0.4 is 15.4 Å². The number of methoxy groups -OCH3 is 1. The van der Waals surface area contributed by atoms with Crippen LogP contribution in [-0.2, 0) is 0 Å². The first-order valence-electron chi connectivity index (χ1n) is 12.0. The number of nitrogens with one attached hydrogen (secondary N) is 2. The number of rotatable bonds is 11. The number of halogens is 1. The monoisotopic (exact) mass is 560 g/mol. The number of hydrogen-bond donors (Lipinski definition) is 3. The van der Waals surface area contributed by atoms with Gasteiger partial charge < -0.3 is 20.5 Å². The molecule has 6 nitrogen and oxygen atoms in total. The van der Waals surface area contributed by atoms with E-state index >= 15 is 0 Å². The highest BCUT2D eigenvalue weighted by Gasteiger charge is 2.31. The number of guanidine groups is 1. The van der Waals surface area contributed by atoms with Crippen LogP contribution in [0, 0.1) is 11.3 Å². The molecule has 2 unspecified atom stereocenters. The molecule has 2 atom stereocenters. The van der Waals surface area contributed by atoms with Crippen molar-refractivity contribution in [1.82, 2.24) is 15.5 Å². The van der Waals surface area contributed by atoms with Crippen molar-refractivity contribution < 1.29 is 9.84 Å². The maximum absolute atomic E-state index is 9.51. The average Bonchev–Trinajstić information content (AvgIpc) is 2.80. The normalized spacial score (nSPS) is 19.9. The SMILES string of the molecule is CCNC(=NCC(CC)(CC)CCO)NCC1CCCN(C)C1c1ccc(OC)cc1.I. The van der Waals surface area contributed by atoms with Gasteiger partial charge >= 0.3 is 0 Å². The molecule has 1 saturated heterocycles. The molecule has 0 amide bonds. The summed E-state index contributed by atoms with van der Waals surface area (Å²) in [5, 5.41) is 16.5. The summed E-state index contributed by atoms with van der Waals surface area (Å²) >= 11 is 0. The van der Waals surface area contributed by atoms with Crippen LogP contribution in [0.1, 0.15) is 64.5 Å². The van der Waals surface area contributed by atoms with Crippen LogP contribution in [0.3, 0.4) is 0 Å². The molecule has 0 spiro atoms. The zero-order valence-corrected chi connectivity index (χ0v) is 23.0. The van der Waals surface area contributed by atoms with Crippen molar-refractivity contribution >= 4 is 29.9 Å². The maximum atomic E-state index is 9.51. The third-order valence-electron chi connectivity index (χ3n) is 7.06. The van der Waals surface area contributed by atoms with Crippen molar-refractivity contribution in [2.24, 2.45) is 16.3 Å². The van der Waals surface area contributed by atoms with E-state index in [0.717, 1.165) is 57.2 Å². The number of piperidine rings is 1. The summed E-state index contributed by atoms with van der Waals surface area (Å²) in [4.78, 5) is 7.40. The number of benzene rings is 1. The number of aliphatic imine (C=N–C) groups is 1. The largest absolute Gasteiger partial charge is 0.497 e. The molecule has 0 aliphatic carbocycles. The van der Waals surface area contributed by atoms with Gasteiger partial charge in [0.25, 0.3) is 0 Å². The lowest BCUT2D eigenvalue weighted by molar-refractivity contribution is 0.122. The number of aliphatic hydroxyl groups is 1. The van der Waals surface area contributed by atoms with Gasteiger partial charge in [-0.2, -0.15) is 0 Å². The van der Waals surface area contributed by atoms with Gasteiger partial charge in [0.15, 0.2) is 5.96 Å². The Morgan fingerprint density at radius 2 is 1.88 bits per heavy atom. The van der Waals surface area contributed by atoms with Crippen molar-refractivity contribution in [3.05, 3.63) is 29.8 Å². The molecule has 3 N–H and O–H groups in total. The quantitative estimate of drug-likeness (QED) is 0.212. The van der Waals surface area contributed by atoms with Crippen LogP contribution in [0.5, 0.6) is 5.75 Å². The van der Waals surface area contributed by atoms with Crippen LogP contribution in [0.4, 0.5) is 0 Å². The molecule has 1 heterocycles. The van der Waals surface area contributed by atoms with Crippen LogP contribution in [0.15, 0.2) is 29.3 Å². The van der Waals surface area contributed by atoms with Crippen molar-refractivity contribution in [1.29, 1.82) is 0 Å². The summed E-state index contributed by atoms with van der Waals surface area (Å²) in [5.74, 6) is 2.29. The van der Waals surface area contributed by atoms with E-state index in [-0.39, 0.29) is 36.0 Å². The summed E-state index contributed by atoms with van der Waals surface area (Å²) in [6.45, 7) is 10.3. The van der Waals surface area contributed by atoms with Crippen molar-refractivity contribution in [2.75, 3.05) is 46.9 Å². The smallest absolute Gasteiger partial charge is 0.191 e. The van der Waals surface area contributed by atoms with Crippen LogP contribution in [0.2, 0.25) is 0 Å². The third-order valence-corrected chi connectivity index (χ3v) is 7.06. The molecule has 1 aromatic carbocycles. The fourth-order valence-corrected chi connectivity index (χ4v) is 4.76. The first-order chi connectivity index (χ1) is 15.0. The molecule has 2 rings (SSSR count). The fraction of sp³-hybridized carbons (Fsp3) is 0.720. The molecule has 0 aromatic heterocycles. The second-order valence-corrected chi connectivity index (χ2v) is 8.86. The van der Waals surface area contributed by atoms with Crippen LogP contribution in [-0.4, -0.2) is 62.9 Å².